The lowest BCUT2D eigenvalue weighted by atomic mass is 10.2. The zero-order valence-corrected chi connectivity index (χ0v) is 18.1. The summed E-state index contributed by atoms with van der Waals surface area (Å²) in [6, 6.07) is 21.3. The van der Waals surface area contributed by atoms with E-state index in [0.29, 0.717) is 23.7 Å². The topological polar surface area (TPSA) is 65.5 Å². The number of likely N-dealkylation sites (N-methyl/N-ethyl adjacent to an activating group) is 1. The molecule has 0 saturated heterocycles. The number of carbonyl (C=O) groups is 2. The van der Waals surface area contributed by atoms with Crippen molar-refractivity contribution in [3.8, 4) is 0 Å². The first-order valence-corrected chi connectivity index (χ1v) is 11.0. The summed E-state index contributed by atoms with van der Waals surface area (Å²) in [4.78, 5) is 34.8. The van der Waals surface area contributed by atoms with Crippen LogP contribution in [-0.2, 0) is 11.3 Å². The van der Waals surface area contributed by atoms with Crippen LogP contribution in [0, 0.1) is 0 Å². The average Bonchev–Trinajstić information content (AvgIpc) is 2.89. The van der Waals surface area contributed by atoms with Gasteiger partial charge in [-0.1, -0.05) is 54.2 Å². The van der Waals surface area contributed by atoms with Crippen LogP contribution in [0.15, 0.2) is 82.8 Å². The van der Waals surface area contributed by atoms with E-state index in [4.69, 9.17) is 0 Å². The first-order valence-electron chi connectivity index (χ1n) is 10.1. The van der Waals surface area contributed by atoms with Crippen molar-refractivity contribution in [3.05, 3.63) is 84.1 Å². The molecule has 0 saturated carbocycles. The monoisotopic (exact) mass is 432 g/mol. The molecule has 0 atom stereocenters. The Balaban J connectivity index is 1.39. The molecule has 31 heavy (non-hydrogen) atoms. The number of pyridine rings is 1. The lowest BCUT2D eigenvalue weighted by Gasteiger charge is -2.23. The van der Waals surface area contributed by atoms with Gasteiger partial charge in [0.05, 0.1) is 11.3 Å². The van der Waals surface area contributed by atoms with Gasteiger partial charge in [-0.15, -0.1) is 0 Å². The summed E-state index contributed by atoms with van der Waals surface area (Å²) in [5.74, 6) is -0.398. The zero-order valence-electron chi connectivity index (χ0n) is 17.3. The lowest BCUT2D eigenvalue weighted by Crippen LogP contribution is -2.42. The first kappa shape index (κ1) is 21.1. The van der Waals surface area contributed by atoms with Crippen LogP contribution in [0.4, 0.5) is 5.69 Å². The molecule has 0 bridgehead atoms. The Labute approximate surface area is 186 Å². The van der Waals surface area contributed by atoms with Gasteiger partial charge in [-0.05, 0) is 36.9 Å². The Kier molecular flexibility index (Phi) is 6.64. The number of nitrogens with zero attached hydrogens (tertiary/aromatic N) is 3. The molecular formula is C24H24N4O2S. The summed E-state index contributed by atoms with van der Waals surface area (Å²) in [6.07, 6.45) is 1.68. The largest absolute Gasteiger partial charge is 0.353 e. The number of benzene rings is 2. The number of hydrogen-bond donors (Lipinski definition) is 1. The number of aromatic nitrogens is 1. The van der Waals surface area contributed by atoms with Crippen molar-refractivity contribution >= 4 is 29.3 Å². The van der Waals surface area contributed by atoms with Crippen molar-refractivity contribution in [3.63, 3.8) is 0 Å². The summed E-state index contributed by atoms with van der Waals surface area (Å²) in [7, 11) is 2.02. The molecule has 1 aliphatic heterocycles. The fraction of sp³-hybridized carbons (Fsp3) is 0.208. The van der Waals surface area contributed by atoms with E-state index >= 15 is 0 Å². The SMILES string of the molecule is CN(CCNC(=O)CN1C(=O)c2cccnc2Sc2ccccc21)Cc1ccccc1. The molecule has 3 aromatic rings. The summed E-state index contributed by atoms with van der Waals surface area (Å²) in [5, 5.41) is 3.60. The highest BCUT2D eigenvalue weighted by Crippen LogP contribution is 2.39. The molecule has 2 aromatic carbocycles. The number of para-hydroxylation sites is 1. The Bertz CT molecular complexity index is 1070. The molecule has 0 radical (unpaired) electrons. The number of anilines is 1. The predicted octanol–water partition coefficient (Wildman–Crippen LogP) is 3.44. The number of rotatable bonds is 7. The zero-order chi connectivity index (χ0) is 21.6. The second kappa shape index (κ2) is 9.76. The van der Waals surface area contributed by atoms with Crippen molar-refractivity contribution in [2.24, 2.45) is 0 Å². The lowest BCUT2D eigenvalue weighted by molar-refractivity contribution is -0.119. The molecule has 1 aliphatic rings. The number of fused-ring (bicyclic) bond motifs is 2. The molecule has 0 fully saturated rings. The molecule has 0 unspecified atom stereocenters. The third kappa shape index (κ3) is 5.13. The van der Waals surface area contributed by atoms with Crippen molar-refractivity contribution in [1.29, 1.82) is 0 Å². The number of amides is 2. The summed E-state index contributed by atoms with van der Waals surface area (Å²) < 4.78 is 0. The van der Waals surface area contributed by atoms with E-state index in [9.17, 15) is 9.59 Å². The van der Waals surface area contributed by atoms with E-state index in [1.807, 2.05) is 49.5 Å². The van der Waals surface area contributed by atoms with Crippen molar-refractivity contribution in [2.45, 2.75) is 16.5 Å². The number of nitrogens with one attached hydrogen (secondary N) is 1. The summed E-state index contributed by atoms with van der Waals surface area (Å²) in [6.45, 7) is 2.01. The molecule has 1 N–H and O–H groups in total. The van der Waals surface area contributed by atoms with Crippen LogP contribution in [0.2, 0.25) is 0 Å². The molecule has 6 nitrogen and oxygen atoms in total. The van der Waals surface area contributed by atoms with Crippen molar-refractivity contribution in [2.75, 3.05) is 31.6 Å². The highest BCUT2D eigenvalue weighted by Gasteiger charge is 2.29. The fourth-order valence-corrected chi connectivity index (χ4v) is 4.49. The molecule has 0 spiro atoms. The van der Waals surface area contributed by atoms with E-state index in [0.717, 1.165) is 17.1 Å². The minimum Gasteiger partial charge on any atom is -0.353 e. The van der Waals surface area contributed by atoms with Gasteiger partial charge in [0.1, 0.15) is 11.6 Å². The maximum absolute atomic E-state index is 13.2. The minimum absolute atomic E-state index is 0.0346. The van der Waals surface area contributed by atoms with Crippen LogP contribution in [-0.4, -0.2) is 48.4 Å². The third-order valence-electron chi connectivity index (χ3n) is 5.02. The van der Waals surface area contributed by atoms with Gasteiger partial charge in [-0.3, -0.25) is 14.5 Å². The van der Waals surface area contributed by atoms with E-state index in [-0.39, 0.29) is 18.4 Å². The quantitative estimate of drug-likeness (QED) is 0.620. The van der Waals surface area contributed by atoms with Gasteiger partial charge < -0.3 is 10.2 Å². The highest BCUT2D eigenvalue weighted by atomic mass is 32.2. The smallest absolute Gasteiger partial charge is 0.261 e. The average molecular weight is 433 g/mol. The maximum Gasteiger partial charge on any atom is 0.261 e. The van der Waals surface area contributed by atoms with Crippen LogP contribution in [0.25, 0.3) is 0 Å². The molecule has 2 amide bonds. The molecule has 4 rings (SSSR count). The fourth-order valence-electron chi connectivity index (χ4n) is 3.48. The summed E-state index contributed by atoms with van der Waals surface area (Å²) in [5.41, 5.74) is 2.47. The van der Waals surface area contributed by atoms with E-state index in [2.05, 4.69) is 27.3 Å². The van der Waals surface area contributed by atoms with Gasteiger partial charge in [0.25, 0.3) is 5.91 Å². The molecule has 1 aromatic heterocycles. The van der Waals surface area contributed by atoms with Crippen LogP contribution >= 0.6 is 11.8 Å². The second-order valence-corrected chi connectivity index (χ2v) is 8.42. The Hall–Kier alpha value is -3.16. The molecular weight excluding hydrogens is 408 g/mol. The van der Waals surface area contributed by atoms with Crippen LogP contribution in [0.3, 0.4) is 0 Å². The number of carbonyl (C=O) groups excluding carboxylic acids is 2. The number of hydrogen-bond acceptors (Lipinski definition) is 5. The van der Waals surface area contributed by atoms with E-state index in [1.54, 1.807) is 23.2 Å². The van der Waals surface area contributed by atoms with Gasteiger partial charge in [0.15, 0.2) is 0 Å². The molecule has 7 heteroatoms. The van der Waals surface area contributed by atoms with Crippen LogP contribution in [0.1, 0.15) is 15.9 Å². The minimum atomic E-state index is -0.211. The van der Waals surface area contributed by atoms with Crippen LogP contribution in [0.5, 0.6) is 0 Å². The summed E-state index contributed by atoms with van der Waals surface area (Å²) >= 11 is 1.45. The van der Waals surface area contributed by atoms with Gasteiger partial charge in [-0.25, -0.2) is 4.98 Å². The highest BCUT2D eigenvalue weighted by molar-refractivity contribution is 7.99. The first-order chi connectivity index (χ1) is 15.1. The molecule has 2 heterocycles. The normalized spacial score (nSPS) is 12.8. The standard InChI is InChI=1S/C24H24N4O2S/c1-27(16-18-8-3-2-4-9-18)15-14-25-22(29)17-28-20-11-5-6-12-21(20)31-23-19(24(28)30)10-7-13-26-23/h2-13H,14-17H2,1H3,(H,25,29). The van der Waals surface area contributed by atoms with Crippen molar-refractivity contribution < 1.29 is 9.59 Å². The van der Waals surface area contributed by atoms with Gasteiger partial charge in [0, 0.05) is 30.7 Å². The maximum atomic E-state index is 13.2. The van der Waals surface area contributed by atoms with Gasteiger partial charge in [-0.2, -0.15) is 0 Å². The van der Waals surface area contributed by atoms with Gasteiger partial charge in [0.2, 0.25) is 5.91 Å². The second-order valence-electron chi connectivity index (χ2n) is 7.39. The predicted molar refractivity (Wildman–Crippen MR) is 122 cm³/mol. The van der Waals surface area contributed by atoms with Crippen molar-refractivity contribution in [1.82, 2.24) is 15.2 Å². The third-order valence-corrected chi connectivity index (χ3v) is 6.11. The Morgan fingerprint density at radius 1 is 1.06 bits per heavy atom. The molecule has 0 aliphatic carbocycles. The van der Waals surface area contributed by atoms with E-state index in [1.165, 1.54) is 17.3 Å². The van der Waals surface area contributed by atoms with Gasteiger partial charge >= 0.3 is 0 Å². The Morgan fingerprint density at radius 2 is 1.84 bits per heavy atom. The van der Waals surface area contributed by atoms with Crippen LogP contribution < -0.4 is 10.2 Å². The molecule has 158 valence electrons. The Morgan fingerprint density at radius 3 is 2.68 bits per heavy atom. The van der Waals surface area contributed by atoms with E-state index < -0.39 is 0 Å².